The molecule has 0 fully saturated rings. The molecule has 304 valence electrons. The van der Waals surface area contributed by atoms with Crippen LogP contribution in [0.1, 0.15) is 99.8 Å². The van der Waals surface area contributed by atoms with Gasteiger partial charge >= 0.3 is 0 Å². The Hall–Kier alpha value is -5.94. The molecule has 5 nitrogen and oxygen atoms in total. The van der Waals surface area contributed by atoms with E-state index in [2.05, 4.69) is 200 Å². The maximum Gasteiger partial charge on any atom is 0.197 e. The van der Waals surface area contributed by atoms with Crippen molar-refractivity contribution in [2.75, 3.05) is 4.90 Å². The minimum Gasteiger partial charge on any atom is -0.337 e. The van der Waals surface area contributed by atoms with E-state index in [0.717, 1.165) is 61.0 Å². The minimum atomic E-state index is -0.161. The van der Waals surface area contributed by atoms with Crippen LogP contribution in [0.15, 0.2) is 125 Å². The summed E-state index contributed by atoms with van der Waals surface area (Å²) in [4.78, 5) is 32.8. The number of benzene rings is 6. The number of hydrogen-bond donors (Lipinski definition) is 0. The molecule has 0 saturated heterocycles. The average molecular weight is 792 g/mol. The molecule has 6 aromatic carbocycles. The highest BCUT2D eigenvalue weighted by atomic mass is 16.1. The molecule has 3 aromatic heterocycles. The van der Waals surface area contributed by atoms with Crippen LogP contribution in [0.5, 0.6) is 0 Å². The zero-order valence-electron chi connectivity index (χ0n) is 37.3. The van der Waals surface area contributed by atoms with Gasteiger partial charge in [0.05, 0.1) is 33.3 Å². The molecular formula is C55H57N3O2. The second kappa shape index (κ2) is 13.5. The van der Waals surface area contributed by atoms with Gasteiger partial charge in [0.2, 0.25) is 0 Å². The average Bonchev–Trinajstić information content (AvgIpc) is 3.54. The maximum absolute atomic E-state index is 15.1. The van der Waals surface area contributed by atoms with Gasteiger partial charge in [0.1, 0.15) is 0 Å². The Balaban J connectivity index is 1.45. The van der Waals surface area contributed by atoms with Crippen molar-refractivity contribution in [2.45, 2.75) is 105 Å². The van der Waals surface area contributed by atoms with E-state index in [4.69, 9.17) is 0 Å². The highest BCUT2D eigenvalue weighted by Gasteiger charge is 2.28. The Morgan fingerprint density at radius 2 is 0.967 bits per heavy atom. The topological polar surface area (TPSA) is 46.7 Å². The lowest BCUT2D eigenvalue weighted by Gasteiger charge is -2.35. The standard InChI is InChI=1S/C55H57N3O2/c1-32(2)33(3)56(37-24-20-34(21-25-37)53(4,5)6)48-19-15-17-40-39-16-13-14-18-45(39)57(50(40)48)38-30-43-49-44(31-38)52(60)42-29-36(55(10,11)12)23-27-47(42)58(49)46-26-22-35(54(7,8)9)28-41(46)51(43)59/h13-33H,1-12H3. The molecule has 0 N–H and O–H groups in total. The van der Waals surface area contributed by atoms with Crippen molar-refractivity contribution in [1.29, 1.82) is 0 Å². The Labute approximate surface area is 353 Å². The van der Waals surface area contributed by atoms with Crippen molar-refractivity contribution >= 4 is 71.3 Å². The van der Waals surface area contributed by atoms with E-state index in [9.17, 15) is 0 Å². The van der Waals surface area contributed by atoms with Crippen LogP contribution in [0, 0.1) is 5.92 Å². The fourth-order valence-corrected chi connectivity index (χ4v) is 9.23. The third-order valence-electron chi connectivity index (χ3n) is 13.1. The zero-order valence-corrected chi connectivity index (χ0v) is 37.3. The lowest BCUT2D eigenvalue weighted by atomic mass is 9.85. The van der Waals surface area contributed by atoms with E-state index in [1.54, 1.807) is 0 Å². The summed E-state index contributed by atoms with van der Waals surface area (Å²) in [6.07, 6.45) is 0. The van der Waals surface area contributed by atoms with E-state index in [-0.39, 0.29) is 33.1 Å². The van der Waals surface area contributed by atoms with Gasteiger partial charge in [-0.1, -0.05) is 131 Å². The molecule has 5 heteroatoms. The lowest BCUT2D eigenvalue weighted by Crippen LogP contribution is -2.33. The smallest absolute Gasteiger partial charge is 0.197 e. The van der Waals surface area contributed by atoms with Crippen LogP contribution in [-0.4, -0.2) is 15.0 Å². The molecule has 9 rings (SSSR count). The molecule has 0 spiro atoms. The number of rotatable bonds is 5. The number of nitrogens with zero attached hydrogens (tertiary/aromatic N) is 3. The first-order valence-electron chi connectivity index (χ1n) is 21.5. The first-order valence-corrected chi connectivity index (χ1v) is 21.5. The highest BCUT2D eigenvalue weighted by Crippen LogP contribution is 2.43. The molecule has 3 heterocycles. The Morgan fingerprint density at radius 1 is 0.467 bits per heavy atom. The molecule has 0 aliphatic carbocycles. The summed E-state index contributed by atoms with van der Waals surface area (Å²) in [5.74, 6) is 0.339. The largest absolute Gasteiger partial charge is 0.337 e. The normalized spacial score (nSPS) is 13.6. The van der Waals surface area contributed by atoms with Crippen LogP contribution < -0.4 is 15.8 Å². The summed E-state index contributed by atoms with van der Waals surface area (Å²) in [7, 11) is 0. The van der Waals surface area contributed by atoms with Crippen LogP contribution >= 0.6 is 0 Å². The van der Waals surface area contributed by atoms with Crippen molar-refractivity contribution in [3.05, 3.63) is 152 Å². The molecule has 9 aromatic rings. The first kappa shape index (κ1) is 39.5. The minimum absolute atomic E-state index is 0.0281. The maximum atomic E-state index is 15.1. The van der Waals surface area contributed by atoms with Gasteiger partial charge in [-0.15, -0.1) is 0 Å². The van der Waals surface area contributed by atoms with E-state index in [1.165, 1.54) is 5.56 Å². The van der Waals surface area contributed by atoms with Crippen LogP contribution in [0.25, 0.3) is 65.6 Å². The predicted molar refractivity (Wildman–Crippen MR) is 257 cm³/mol. The molecule has 0 amide bonds. The van der Waals surface area contributed by atoms with Gasteiger partial charge in [-0.2, -0.15) is 0 Å². The molecule has 60 heavy (non-hydrogen) atoms. The number of aromatic nitrogens is 2. The third-order valence-corrected chi connectivity index (χ3v) is 13.1. The Bertz CT molecular complexity index is 3170. The predicted octanol–water partition coefficient (Wildman–Crippen LogP) is 13.7. The van der Waals surface area contributed by atoms with Crippen LogP contribution in [0.4, 0.5) is 11.4 Å². The van der Waals surface area contributed by atoms with Crippen molar-refractivity contribution in [2.24, 2.45) is 5.92 Å². The monoisotopic (exact) mass is 791 g/mol. The SMILES string of the molecule is CC(C)C(C)N(c1ccc(C(C)(C)C)cc1)c1cccc2c3ccccc3n(-c3cc4c(=O)c5cc(C(C)(C)C)ccc5n5c6ccc(C(C)(C)C)cc6c(=O)c(c3)c45)c12. The quantitative estimate of drug-likeness (QED) is 0.129. The summed E-state index contributed by atoms with van der Waals surface area (Å²) in [5, 5.41) is 4.59. The van der Waals surface area contributed by atoms with E-state index in [1.807, 2.05) is 12.1 Å². The lowest BCUT2D eigenvalue weighted by molar-refractivity contribution is 0.519. The van der Waals surface area contributed by atoms with Gasteiger partial charge < -0.3 is 13.9 Å². The number of para-hydroxylation sites is 2. The molecular weight excluding hydrogens is 735 g/mol. The van der Waals surface area contributed by atoms with Crippen LogP contribution in [0.2, 0.25) is 0 Å². The van der Waals surface area contributed by atoms with Gasteiger partial charge in [-0.3, -0.25) is 9.59 Å². The second-order valence-corrected chi connectivity index (χ2v) is 20.5. The molecule has 1 atom stereocenters. The van der Waals surface area contributed by atoms with Crippen molar-refractivity contribution < 1.29 is 0 Å². The molecule has 0 radical (unpaired) electrons. The van der Waals surface area contributed by atoms with Crippen molar-refractivity contribution in [3.8, 4) is 5.69 Å². The van der Waals surface area contributed by atoms with Gasteiger partial charge in [-0.25, -0.2) is 0 Å². The molecule has 0 saturated carbocycles. The zero-order chi connectivity index (χ0) is 42.8. The number of pyridine rings is 2. The van der Waals surface area contributed by atoms with Crippen molar-refractivity contribution in [1.82, 2.24) is 8.97 Å². The summed E-state index contributed by atoms with van der Waals surface area (Å²) >= 11 is 0. The number of anilines is 2. The Morgan fingerprint density at radius 3 is 1.48 bits per heavy atom. The third kappa shape index (κ3) is 6.11. The highest BCUT2D eigenvalue weighted by molar-refractivity contribution is 6.15. The molecule has 1 unspecified atom stereocenters. The van der Waals surface area contributed by atoms with Gasteiger partial charge in [0.25, 0.3) is 0 Å². The van der Waals surface area contributed by atoms with E-state index in [0.29, 0.717) is 33.0 Å². The van der Waals surface area contributed by atoms with Crippen molar-refractivity contribution in [3.63, 3.8) is 0 Å². The van der Waals surface area contributed by atoms with E-state index < -0.39 is 0 Å². The summed E-state index contributed by atoms with van der Waals surface area (Å²) in [5.41, 5.74) is 10.3. The van der Waals surface area contributed by atoms with E-state index >= 15 is 9.59 Å². The van der Waals surface area contributed by atoms with Crippen LogP contribution in [-0.2, 0) is 16.2 Å². The number of hydrogen-bond acceptors (Lipinski definition) is 3. The first-order chi connectivity index (χ1) is 28.3. The van der Waals surface area contributed by atoms with Crippen LogP contribution in [0.3, 0.4) is 0 Å². The number of fused-ring (bicyclic) bond motifs is 7. The molecule has 0 aliphatic heterocycles. The summed E-state index contributed by atoms with van der Waals surface area (Å²) in [6, 6.07) is 40.9. The van der Waals surface area contributed by atoms with Gasteiger partial charge in [0, 0.05) is 49.7 Å². The summed E-state index contributed by atoms with van der Waals surface area (Å²) < 4.78 is 4.47. The molecule has 0 aliphatic rings. The Kier molecular flexibility index (Phi) is 8.92. The van der Waals surface area contributed by atoms with Gasteiger partial charge in [-0.05, 0) is 106 Å². The van der Waals surface area contributed by atoms with Gasteiger partial charge in [0.15, 0.2) is 10.9 Å². The summed E-state index contributed by atoms with van der Waals surface area (Å²) in [6.45, 7) is 26.7. The molecule has 0 bridgehead atoms. The second-order valence-electron chi connectivity index (χ2n) is 20.5. The fraction of sp³-hybridized carbons (Fsp3) is 0.309. The fourth-order valence-electron chi connectivity index (χ4n) is 9.23.